The highest BCUT2D eigenvalue weighted by Crippen LogP contribution is 2.43. The summed E-state index contributed by atoms with van der Waals surface area (Å²) in [4.78, 5) is 14.1. The molecule has 8 heteroatoms. The molecule has 2 unspecified atom stereocenters. The van der Waals surface area contributed by atoms with E-state index in [0.717, 1.165) is 5.56 Å². The third kappa shape index (κ3) is 4.34. The van der Waals surface area contributed by atoms with Gasteiger partial charge in [-0.3, -0.25) is 9.36 Å². The quantitative estimate of drug-likeness (QED) is 0.328. The second-order valence-electron chi connectivity index (χ2n) is 8.97. The van der Waals surface area contributed by atoms with Crippen LogP contribution in [0.3, 0.4) is 0 Å². The van der Waals surface area contributed by atoms with Gasteiger partial charge in [-0.2, -0.15) is 0 Å². The number of methoxy groups -OCH3 is 1. The third-order valence-electron chi connectivity index (χ3n) is 6.93. The number of halogens is 3. The number of rotatable bonds is 6. The van der Waals surface area contributed by atoms with Crippen LogP contribution in [0.25, 0.3) is 11.1 Å². The zero-order chi connectivity index (χ0) is 26.3. The van der Waals surface area contributed by atoms with Gasteiger partial charge in [-0.25, -0.2) is 13.2 Å². The average Bonchev–Trinajstić information content (AvgIpc) is 3.34. The molecule has 0 spiro atoms. The largest absolute Gasteiger partial charge is 0.494 e. The first-order valence-corrected chi connectivity index (χ1v) is 12.8. The number of nitrogens with zero attached hydrogens (tertiary/aromatic N) is 1. The average molecular weight is 523 g/mol. The molecule has 1 aromatic heterocycles. The first-order valence-electron chi connectivity index (χ1n) is 11.8. The van der Waals surface area contributed by atoms with Crippen LogP contribution in [-0.2, 0) is 6.42 Å². The van der Waals surface area contributed by atoms with Crippen molar-refractivity contribution >= 4 is 11.8 Å². The maximum absolute atomic E-state index is 15.5. The minimum absolute atomic E-state index is 0.00425. The Kier molecular flexibility index (Phi) is 6.88. The summed E-state index contributed by atoms with van der Waals surface area (Å²) in [6.07, 6.45) is -0.0984. The summed E-state index contributed by atoms with van der Waals surface area (Å²) in [5, 5.41) is 0.591. The van der Waals surface area contributed by atoms with Crippen LogP contribution in [0.1, 0.15) is 34.3 Å². The van der Waals surface area contributed by atoms with Crippen molar-refractivity contribution in [2.24, 2.45) is 5.73 Å². The SMILES string of the molecule is COc1cccc(-c2c(C)c(Cc3c(F)cccc3F)c3n(c2=O)C(C(N)c2ccccc2)CS3)c1F. The van der Waals surface area contributed by atoms with Crippen LogP contribution < -0.4 is 16.0 Å². The summed E-state index contributed by atoms with van der Waals surface area (Å²) in [6.45, 7) is 1.69. The molecule has 0 radical (unpaired) electrons. The van der Waals surface area contributed by atoms with Crippen molar-refractivity contribution in [1.29, 1.82) is 0 Å². The van der Waals surface area contributed by atoms with E-state index in [0.29, 0.717) is 21.9 Å². The molecule has 5 rings (SSSR count). The van der Waals surface area contributed by atoms with Gasteiger partial charge in [-0.05, 0) is 41.8 Å². The fraction of sp³-hybridized carbons (Fsp3) is 0.207. The van der Waals surface area contributed by atoms with Crippen molar-refractivity contribution in [3.8, 4) is 16.9 Å². The molecule has 0 amide bonds. The van der Waals surface area contributed by atoms with Crippen molar-refractivity contribution < 1.29 is 17.9 Å². The van der Waals surface area contributed by atoms with E-state index in [1.807, 2.05) is 30.3 Å². The molecule has 4 aromatic rings. The number of hydrogen-bond donors (Lipinski definition) is 1. The molecule has 0 saturated heterocycles. The molecule has 0 fully saturated rings. The van der Waals surface area contributed by atoms with Crippen LogP contribution in [0, 0.1) is 24.4 Å². The summed E-state index contributed by atoms with van der Waals surface area (Å²) in [7, 11) is 1.35. The maximum atomic E-state index is 15.5. The smallest absolute Gasteiger partial charge is 0.260 e. The highest BCUT2D eigenvalue weighted by atomic mass is 32.2. The second kappa shape index (κ2) is 10.1. The molecule has 0 saturated carbocycles. The first kappa shape index (κ1) is 25.2. The van der Waals surface area contributed by atoms with Crippen LogP contribution in [0.15, 0.2) is 76.6 Å². The van der Waals surface area contributed by atoms with Crippen molar-refractivity contribution in [1.82, 2.24) is 4.57 Å². The number of aromatic nitrogens is 1. The van der Waals surface area contributed by atoms with E-state index in [9.17, 15) is 13.6 Å². The minimum atomic E-state index is -0.681. The predicted octanol–water partition coefficient (Wildman–Crippen LogP) is 6.19. The van der Waals surface area contributed by atoms with Crippen molar-refractivity contribution in [3.63, 3.8) is 0 Å². The number of hydrogen-bond acceptors (Lipinski definition) is 4. The minimum Gasteiger partial charge on any atom is -0.494 e. The van der Waals surface area contributed by atoms with E-state index < -0.39 is 35.1 Å². The van der Waals surface area contributed by atoms with Crippen molar-refractivity contribution in [2.75, 3.05) is 12.9 Å². The van der Waals surface area contributed by atoms with Gasteiger partial charge in [0.1, 0.15) is 11.6 Å². The first-order chi connectivity index (χ1) is 17.8. The molecule has 4 nitrogen and oxygen atoms in total. The standard InChI is InChI=1S/C29H25F3N2O2S/c1-16-19(14-20-21(30)11-7-12-22(20)31)29-34(23(15-37-29)27(33)17-8-4-3-5-9-17)28(35)25(16)18-10-6-13-24(36-2)26(18)32/h3-13,23,27H,14-15,33H2,1-2H3. The Morgan fingerprint density at radius 3 is 2.35 bits per heavy atom. The molecule has 190 valence electrons. The molecule has 0 aliphatic carbocycles. The highest BCUT2D eigenvalue weighted by Gasteiger charge is 2.35. The molecule has 3 aromatic carbocycles. The number of pyridine rings is 1. The monoisotopic (exact) mass is 522 g/mol. The fourth-order valence-corrected chi connectivity index (χ4v) is 6.40. The number of nitrogens with two attached hydrogens (primary N) is 1. The van der Waals surface area contributed by atoms with Crippen LogP contribution in [0.2, 0.25) is 0 Å². The zero-order valence-corrected chi connectivity index (χ0v) is 21.1. The maximum Gasteiger partial charge on any atom is 0.260 e. The van der Waals surface area contributed by atoms with Gasteiger partial charge in [0.25, 0.3) is 5.56 Å². The van der Waals surface area contributed by atoms with E-state index >= 15 is 4.39 Å². The van der Waals surface area contributed by atoms with Gasteiger partial charge in [0.2, 0.25) is 0 Å². The van der Waals surface area contributed by atoms with E-state index in [1.165, 1.54) is 49.2 Å². The van der Waals surface area contributed by atoms with Gasteiger partial charge in [0, 0.05) is 23.3 Å². The Bertz CT molecular complexity index is 1520. The lowest BCUT2D eigenvalue weighted by Crippen LogP contribution is -2.33. The topological polar surface area (TPSA) is 57.2 Å². The van der Waals surface area contributed by atoms with E-state index in [-0.39, 0.29) is 28.9 Å². The molecular weight excluding hydrogens is 497 g/mol. The molecule has 2 heterocycles. The third-order valence-corrected chi connectivity index (χ3v) is 8.15. The predicted molar refractivity (Wildman–Crippen MR) is 140 cm³/mol. The number of ether oxygens (including phenoxy) is 1. The lowest BCUT2D eigenvalue weighted by molar-refractivity contribution is 0.387. The van der Waals surface area contributed by atoms with Crippen LogP contribution in [0.5, 0.6) is 5.75 Å². The Hall–Kier alpha value is -3.49. The Labute approximate surface area is 216 Å². The molecule has 1 aliphatic heterocycles. The summed E-state index contributed by atoms with van der Waals surface area (Å²) < 4.78 is 51.6. The van der Waals surface area contributed by atoms with Crippen molar-refractivity contribution in [2.45, 2.75) is 30.5 Å². The Morgan fingerprint density at radius 2 is 1.68 bits per heavy atom. The van der Waals surface area contributed by atoms with Gasteiger partial charge in [0.15, 0.2) is 11.6 Å². The molecule has 0 bridgehead atoms. The van der Waals surface area contributed by atoms with Gasteiger partial charge in [-0.15, -0.1) is 11.8 Å². The number of benzene rings is 3. The van der Waals surface area contributed by atoms with Gasteiger partial charge in [0.05, 0.1) is 29.8 Å². The van der Waals surface area contributed by atoms with Gasteiger partial charge >= 0.3 is 0 Å². The summed E-state index contributed by atoms with van der Waals surface area (Å²) in [5.74, 6) is -1.56. The lowest BCUT2D eigenvalue weighted by atomic mass is 9.93. The Balaban J connectivity index is 1.77. The number of fused-ring (bicyclic) bond motifs is 1. The summed E-state index contributed by atoms with van der Waals surface area (Å²) >= 11 is 1.42. The molecular formula is C29H25F3N2O2S. The second-order valence-corrected chi connectivity index (χ2v) is 9.98. The van der Waals surface area contributed by atoms with E-state index in [1.54, 1.807) is 17.6 Å². The number of thioether (sulfide) groups is 1. The lowest BCUT2D eigenvalue weighted by Gasteiger charge is -2.25. The van der Waals surface area contributed by atoms with E-state index in [2.05, 4.69) is 0 Å². The van der Waals surface area contributed by atoms with Gasteiger partial charge in [-0.1, -0.05) is 48.5 Å². The van der Waals surface area contributed by atoms with E-state index in [4.69, 9.17) is 10.5 Å². The Morgan fingerprint density at radius 1 is 1.00 bits per heavy atom. The normalized spacial score (nSPS) is 15.5. The summed E-state index contributed by atoms with van der Waals surface area (Å²) in [5.41, 5.74) is 8.21. The molecule has 37 heavy (non-hydrogen) atoms. The van der Waals surface area contributed by atoms with Crippen LogP contribution >= 0.6 is 11.8 Å². The van der Waals surface area contributed by atoms with Gasteiger partial charge < -0.3 is 10.5 Å². The molecule has 2 N–H and O–H groups in total. The molecule has 1 aliphatic rings. The molecule has 2 atom stereocenters. The highest BCUT2D eigenvalue weighted by molar-refractivity contribution is 7.99. The van der Waals surface area contributed by atoms with Crippen LogP contribution in [0.4, 0.5) is 13.2 Å². The van der Waals surface area contributed by atoms with Crippen LogP contribution in [-0.4, -0.2) is 17.4 Å². The fourth-order valence-electron chi connectivity index (χ4n) is 4.95. The van der Waals surface area contributed by atoms with Crippen molar-refractivity contribution in [3.05, 3.63) is 117 Å². The summed E-state index contributed by atoms with van der Waals surface area (Å²) in [6, 6.07) is 16.8. The zero-order valence-electron chi connectivity index (χ0n) is 20.3.